The number of unbranched alkanes of at least 4 members (excludes halogenated alkanes) is 36. The molecule has 0 aliphatic heterocycles. The zero-order chi connectivity index (χ0) is 42.9. The predicted octanol–water partition coefficient (Wildman–Crippen LogP) is 10.7. The van der Waals surface area contributed by atoms with Crippen molar-refractivity contribution < 1.29 is 118 Å². The maximum absolute atomic E-state index is 11.6. The van der Waals surface area contributed by atoms with Crippen LogP contribution in [-0.2, 0) is 27.2 Å². The maximum atomic E-state index is 11.6. The summed E-state index contributed by atoms with van der Waals surface area (Å²) in [4.78, 5) is 23.2. The zero-order valence-electron chi connectivity index (χ0n) is 41.3. The molecule has 0 radical (unpaired) electrons. The van der Waals surface area contributed by atoms with Crippen LogP contribution in [0.2, 0.25) is 0 Å². The Morgan fingerprint density at radius 2 is 0.383 bits per heavy atom. The van der Waals surface area contributed by atoms with Crippen LogP contribution in [0, 0.1) is 0 Å². The maximum Gasteiger partial charge on any atom is 1.00 e. The van der Waals surface area contributed by atoms with Crippen molar-refractivity contribution in [2.24, 2.45) is 0 Å². The second kappa shape index (κ2) is 58.0. The molecule has 0 saturated heterocycles. The van der Waals surface area contributed by atoms with Crippen LogP contribution in [0.3, 0.4) is 0 Å². The van der Waals surface area contributed by atoms with E-state index in [1.165, 1.54) is 180 Å². The molecule has 0 aromatic carbocycles. The van der Waals surface area contributed by atoms with Crippen LogP contribution in [-0.4, -0.2) is 26.4 Å². The molecule has 352 valence electrons. The molecule has 0 heterocycles. The van der Waals surface area contributed by atoms with E-state index in [1.807, 2.05) is 0 Å². The summed E-state index contributed by atoms with van der Waals surface area (Å²) in [6.45, 7) is 9.81. The van der Waals surface area contributed by atoms with Gasteiger partial charge in [0.2, 0.25) is 0 Å². The summed E-state index contributed by atoms with van der Waals surface area (Å²) in [5.74, 6) is 0. The minimum atomic E-state index is -4.08. The first kappa shape index (κ1) is 69.4. The van der Waals surface area contributed by atoms with Crippen LogP contribution in [0.5, 0.6) is 0 Å². The second-order valence-electron chi connectivity index (χ2n) is 17.0. The van der Waals surface area contributed by atoms with Gasteiger partial charge in [-0.2, -0.15) is 0 Å². The Hall–Kier alpha value is 2.86. The Balaban J connectivity index is -0.000000506. The molecule has 12 heteroatoms. The summed E-state index contributed by atoms with van der Waals surface area (Å²) in [7, 11) is -8.16. The number of phosphoric acid groups is 2. The van der Waals surface area contributed by atoms with Gasteiger partial charge in [0.25, 0.3) is 15.6 Å². The Kier molecular flexibility index (Phi) is 67.1. The molecule has 0 amide bonds. The van der Waals surface area contributed by atoms with Crippen molar-refractivity contribution in [2.45, 2.75) is 285 Å². The quantitative estimate of drug-likeness (QED) is 0.0336. The minimum absolute atomic E-state index is 0. The van der Waals surface area contributed by atoms with E-state index in [2.05, 4.69) is 27.7 Å². The molecule has 0 saturated carbocycles. The summed E-state index contributed by atoms with van der Waals surface area (Å²) in [5, 5.41) is 0. The summed E-state index contributed by atoms with van der Waals surface area (Å²) < 4.78 is 42.8. The first-order valence-electron chi connectivity index (χ1n) is 25.4. The van der Waals surface area contributed by atoms with Gasteiger partial charge in [-0.05, 0) is 25.7 Å². The van der Waals surface area contributed by atoms with E-state index in [0.29, 0.717) is 0 Å². The van der Waals surface area contributed by atoms with Gasteiger partial charge in [0.15, 0.2) is 0 Å². The monoisotopic (exact) mass is 929 g/mol. The van der Waals surface area contributed by atoms with Gasteiger partial charge in [0.1, 0.15) is 0 Å². The van der Waals surface area contributed by atoms with Crippen molar-refractivity contribution in [1.29, 1.82) is 0 Å². The molecule has 0 aliphatic rings. The van der Waals surface area contributed by atoms with Crippen LogP contribution in [0.1, 0.15) is 285 Å². The molecular formula is C48H100KNaO8P2. The summed E-state index contributed by atoms with van der Waals surface area (Å²) in [5.41, 5.74) is 0. The minimum Gasteiger partial charge on any atom is -0.756 e. The molecule has 0 fully saturated rings. The Morgan fingerprint density at radius 1 is 0.267 bits per heavy atom. The van der Waals surface area contributed by atoms with Crippen LogP contribution in [0.4, 0.5) is 0 Å². The number of hydrogen-bond acceptors (Lipinski definition) is 8. The molecule has 0 rings (SSSR count). The van der Waals surface area contributed by atoms with Crippen molar-refractivity contribution in [3.8, 4) is 0 Å². The molecule has 0 aromatic heterocycles. The van der Waals surface area contributed by atoms with Gasteiger partial charge < -0.3 is 27.9 Å². The van der Waals surface area contributed by atoms with Crippen molar-refractivity contribution in [2.75, 3.05) is 26.4 Å². The molecule has 8 nitrogen and oxygen atoms in total. The fourth-order valence-electron chi connectivity index (χ4n) is 7.14. The molecule has 0 aliphatic carbocycles. The van der Waals surface area contributed by atoms with E-state index < -0.39 is 15.6 Å². The summed E-state index contributed by atoms with van der Waals surface area (Å²) in [6, 6.07) is 0. The Labute approximate surface area is 439 Å². The van der Waals surface area contributed by atoms with Gasteiger partial charge in [0, 0.05) is 0 Å². The molecule has 0 bridgehead atoms. The second-order valence-corrected chi connectivity index (χ2v) is 19.8. The van der Waals surface area contributed by atoms with Crippen LogP contribution in [0.15, 0.2) is 0 Å². The van der Waals surface area contributed by atoms with E-state index in [9.17, 15) is 18.9 Å². The van der Waals surface area contributed by atoms with Gasteiger partial charge in [-0.1, -0.05) is 259 Å². The molecule has 0 N–H and O–H groups in total. The van der Waals surface area contributed by atoms with Gasteiger partial charge in [-0.15, -0.1) is 0 Å². The number of rotatable bonds is 48. The molecule has 2 atom stereocenters. The van der Waals surface area contributed by atoms with Crippen LogP contribution in [0.25, 0.3) is 0 Å². The van der Waals surface area contributed by atoms with E-state index in [0.717, 1.165) is 77.0 Å². The molecule has 0 aromatic rings. The standard InChI is InChI=1S/2C24H51O4P.K.Na/c2*1-3-5-7-9-10-11-12-13-14-15-16-17-18-19-20-22-24-28-29(25,26)27-23-21-8-6-4-2;;/h2*3-24H2,1-2H3,(H,25,26);;/q;;2*+1/p-2. The largest absolute Gasteiger partial charge is 1.00 e. The molecule has 0 spiro atoms. The molecule has 60 heavy (non-hydrogen) atoms. The Morgan fingerprint density at radius 3 is 0.533 bits per heavy atom. The third-order valence-corrected chi connectivity index (χ3v) is 13.0. The van der Waals surface area contributed by atoms with Gasteiger partial charge in [0.05, 0.1) is 26.4 Å². The normalized spacial score (nSPS) is 13.2. The van der Waals surface area contributed by atoms with Gasteiger partial charge >= 0.3 is 80.9 Å². The molecule has 2 unspecified atom stereocenters. The van der Waals surface area contributed by atoms with Crippen molar-refractivity contribution in [1.82, 2.24) is 0 Å². The fraction of sp³-hybridized carbons (Fsp3) is 1.00. The van der Waals surface area contributed by atoms with Crippen molar-refractivity contribution in [3.63, 3.8) is 0 Å². The summed E-state index contributed by atoms with van der Waals surface area (Å²) >= 11 is 0. The third kappa shape index (κ3) is 62.9. The zero-order valence-corrected chi connectivity index (χ0v) is 48.2. The topological polar surface area (TPSA) is 117 Å². The number of hydrogen-bond donors (Lipinski definition) is 0. The van der Waals surface area contributed by atoms with Gasteiger partial charge in [-0.3, -0.25) is 9.13 Å². The van der Waals surface area contributed by atoms with E-state index >= 15 is 0 Å². The summed E-state index contributed by atoms with van der Waals surface area (Å²) in [6.07, 6.45) is 49.9. The fourth-order valence-corrected chi connectivity index (χ4v) is 8.70. The first-order valence-corrected chi connectivity index (χ1v) is 28.4. The van der Waals surface area contributed by atoms with Gasteiger partial charge in [-0.25, -0.2) is 0 Å². The third-order valence-electron chi connectivity index (χ3n) is 11.0. The smallest absolute Gasteiger partial charge is 0.756 e. The molecular weight excluding hydrogens is 829 g/mol. The van der Waals surface area contributed by atoms with Crippen molar-refractivity contribution >= 4 is 15.6 Å². The average Bonchev–Trinajstić information content (AvgIpc) is 3.20. The Bertz CT molecular complexity index is 808. The van der Waals surface area contributed by atoms with E-state index in [1.54, 1.807) is 0 Å². The van der Waals surface area contributed by atoms with E-state index in [4.69, 9.17) is 18.1 Å². The predicted molar refractivity (Wildman–Crippen MR) is 246 cm³/mol. The van der Waals surface area contributed by atoms with E-state index in [-0.39, 0.29) is 107 Å². The SMILES string of the molecule is CCCCCCCCCCCCCCCCCCOP(=O)([O-])OCCCCCC.CCCCCCCCCCCCCCCCCCOP(=O)([O-])OCCCCCC.[K+].[Na+]. The van der Waals surface area contributed by atoms with Crippen molar-refractivity contribution in [3.05, 3.63) is 0 Å². The number of phosphoric ester groups is 2. The first-order chi connectivity index (χ1) is 28.2. The van der Waals surface area contributed by atoms with Crippen LogP contribution >= 0.6 is 15.6 Å². The van der Waals surface area contributed by atoms with Crippen LogP contribution < -0.4 is 90.7 Å². The average molecular weight is 929 g/mol.